The number of rotatable bonds is 4. The third kappa shape index (κ3) is 2.84. The number of aryl methyl sites for hydroxylation is 1. The molecule has 0 bridgehead atoms. The fraction of sp³-hybridized carbons (Fsp3) is 0.154. The average molecular weight is 393 g/mol. The van der Waals surface area contributed by atoms with Gasteiger partial charge in [0, 0.05) is 11.8 Å². The normalized spacial score (nSPS) is 15.1. The highest BCUT2D eigenvalue weighted by molar-refractivity contribution is 6.01. The molecule has 5 rings (SSSR count). The van der Waals surface area contributed by atoms with Crippen LogP contribution in [0.3, 0.4) is 0 Å². The number of fused-ring (bicyclic) bond motifs is 1. The molecule has 0 aliphatic heterocycles. The average Bonchev–Trinajstić information content (AvgIpc) is 3.26. The third-order valence-corrected chi connectivity index (χ3v) is 5.97. The van der Waals surface area contributed by atoms with Gasteiger partial charge in [0.25, 0.3) is 0 Å². The minimum Gasteiger partial charge on any atom is -0.411 e. The van der Waals surface area contributed by atoms with Gasteiger partial charge in [-0.2, -0.15) is 5.10 Å². The van der Waals surface area contributed by atoms with Crippen molar-refractivity contribution in [2.75, 3.05) is 0 Å². The Hall–Kier alpha value is -3.66. The number of aromatic nitrogens is 2. The van der Waals surface area contributed by atoms with Crippen LogP contribution in [-0.2, 0) is 12.0 Å². The smallest absolute Gasteiger partial charge is 0.138 e. The van der Waals surface area contributed by atoms with Crippen molar-refractivity contribution in [1.29, 1.82) is 0 Å². The maximum atomic E-state index is 9.55. The van der Waals surface area contributed by atoms with Crippen molar-refractivity contribution in [3.05, 3.63) is 125 Å². The molecule has 30 heavy (non-hydrogen) atoms. The molecule has 0 atom stereocenters. The number of hydrogen-bond acceptors (Lipinski definition) is 3. The van der Waals surface area contributed by atoms with Gasteiger partial charge in [-0.3, -0.25) is 4.68 Å². The van der Waals surface area contributed by atoms with Gasteiger partial charge in [-0.1, -0.05) is 96.2 Å². The van der Waals surface area contributed by atoms with Crippen LogP contribution in [-0.4, -0.2) is 20.7 Å². The Morgan fingerprint density at radius 2 is 1.23 bits per heavy atom. The number of benzene rings is 3. The molecular weight excluding hydrogens is 370 g/mol. The standard InChI is InChI=1S/C26H23N3O/c30-28-25-18-10-17-24-23(25)19-29(27-24)26(20-11-4-1-5-12-20,21-13-6-2-7-14-21)22-15-8-3-9-16-22/h1-9,11-16,19,30H,10,17-18H2/b28-25+. The van der Waals surface area contributed by atoms with Crippen LogP contribution in [0.1, 0.15) is 40.8 Å². The third-order valence-electron chi connectivity index (χ3n) is 5.97. The van der Waals surface area contributed by atoms with E-state index in [9.17, 15) is 5.21 Å². The number of nitrogens with zero attached hydrogens (tertiary/aromatic N) is 3. The lowest BCUT2D eigenvalue weighted by Crippen LogP contribution is -2.38. The van der Waals surface area contributed by atoms with E-state index in [1.165, 1.54) is 0 Å². The SMILES string of the molecule is O/N=C1\CCCc2nn(C(c3ccccc3)(c3ccccc3)c3ccccc3)cc21. The minimum absolute atomic E-state index is 0.637. The summed E-state index contributed by atoms with van der Waals surface area (Å²) >= 11 is 0. The second-order valence-electron chi connectivity index (χ2n) is 7.64. The van der Waals surface area contributed by atoms with E-state index in [0.717, 1.165) is 47.2 Å². The van der Waals surface area contributed by atoms with Crippen molar-refractivity contribution >= 4 is 5.71 Å². The predicted octanol–water partition coefficient (Wildman–Crippen LogP) is 5.24. The molecule has 1 heterocycles. The highest BCUT2D eigenvalue weighted by Gasteiger charge is 2.40. The van der Waals surface area contributed by atoms with E-state index in [4.69, 9.17) is 5.10 Å². The topological polar surface area (TPSA) is 50.4 Å². The van der Waals surface area contributed by atoms with Gasteiger partial charge in [0.2, 0.25) is 0 Å². The van der Waals surface area contributed by atoms with Crippen molar-refractivity contribution in [2.24, 2.45) is 5.16 Å². The van der Waals surface area contributed by atoms with Gasteiger partial charge in [-0.15, -0.1) is 0 Å². The van der Waals surface area contributed by atoms with Crippen LogP contribution in [0.4, 0.5) is 0 Å². The molecule has 0 saturated heterocycles. The summed E-state index contributed by atoms with van der Waals surface area (Å²) in [6, 6.07) is 31.5. The molecule has 0 radical (unpaired) electrons. The molecule has 148 valence electrons. The van der Waals surface area contributed by atoms with E-state index in [0.29, 0.717) is 5.71 Å². The zero-order valence-corrected chi connectivity index (χ0v) is 16.6. The zero-order valence-electron chi connectivity index (χ0n) is 16.6. The molecular formula is C26H23N3O. The summed E-state index contributed by atoms with van der Waals surface area (Å²) in [6.45, 7) is 0. The van der Waals surface area contributed by atoms with Crippen molar-refractivity contribution in [2.45, 2.75) is 24.8 Å². The molecule has 4 nitrogen and oxygen atoms in total. The second-order valence-corrected chi connectivity index (χ2v) is 7.64. The highest BCUT2D eigenvalue weighted by atomic mass is 16.4. The Morgan fingerprint density at radius 3 is 1.70 bits per heavy atom. The van der Waals surface area contributed by atoms with Crippen molar-refractivity contribution < 1.29 is 5.21 Å². The molecule has 0 fully saturated rings. The molecule has 4 heteroatoms. The van der Waals surface area contributed by atoms with Crippen LogP contribution in [0.5, 0.6) is 0 Å². The summed E-state index contributed by atoms with van der Waals surface area (Å²) in [5.74, 6) is 0. The van der Waals surface area contributed by atoms with E-state index in [-0.39, 0.29) is 0 Å². The maximum absolute atomic E-state index is 9.55. The Kier molecular flexibility index (Phi) is 4.68. The first-order valence-electron chi connectivity index (χ1n) is 10.3. The molecule has 1 aliphatic rings. The number of hydrogen-bond donors (Lipinski definition) is 1. The van der Waals surface area contributed by atoms with E-state index in [1.807, 2.05) is 18.2 Å². The summed E-state index contributed by atoms with van der Waals surface area (Å²) in [5, 5.41) is 18.2. The van der Waals surface area contributed by atoms with Crippen LogP contribution >= 0.6 is 0 Å². The van der Waals surface area contributed by atoms with Gasteiger partial charge in [-0.25, -0.2) is 0 Å². The monoisotopic (exact) mass is 393 g/mol. The van der Waals surface area contributed by atoms with Gasteiger partial charge < -0.3 is 5.21 Å². The minimum atomic E-state index is -0.637. The molecule has 0 amide bonds. The largest absolute Gasteiger partial charge is 0.411 e. The quantitative estimate of drug-likeness (QED) is 0.293. The lowest BCUT2D eigenvalue weighted by molar-refractivity contribution is 0.317. The summed E-state index contributed by atoms with van der Waals surface area (Å²) in [7, 11) is 0. The van der Waals surface area contributed by atoms with E-state index >= 15 is 0 Å². The number of oxime groups is 1. The summed E-state index contributed by atoms with van der Waals surface area (Å²) < 4.78 is 2.06. The van der Waals surface area contributed by atoms with Crippen LogP contribution in [0.15, 0.2) is 102 Å². The van der Waals surface area contributed by atoms with Gasteiger partial charge in [0.05, 0.1) is 11.4 Å². The molecule has 1 aliphatic carbocycles. The van der Waals surface area contributed by atoms with Crippen LogP contribution < -0.4 is 0 Å². The lowest BCUT2D eigenvalue weighted by atomic mass is 9.77. The molecule has 0 saturated carbocycles. The van der Waals surface area contributed by atoms with Gasteiger partial charge in [0.15, 0.2) is 0 Å². The van der Waals surface area contributed by atoms with Crippen molar-refractivity contribution in [3.63, 3.8) is 0 Å². The van der Waals surface area contributed by atoms with Crippen LogP contribution in [0.2, 0.25) is 0 Å². The van der Waals surface area contributed by atoms with E-state index in [1.54, 1.807) is 0 Å². The maximum Gasteiger partial charge on any atom is 0.138 e. The molecule has 3 aromatic carbocycles. The first kappa shape index (κ1) is 18.4. The second kappa shape index (κ2) is 7.64. The zero-order chi connectivity index (χ0) is 20.4. The van der Waals surface area contributed by atoms with Crippen LogP contribution in [0.25, 0.3) is 0 Å². The Bertz CT molecular complexity index is 1070. The van der Waals surface area contributed by atoms with Crippen LogP contribution in [0, 0.1) is 0 Å². The van der Waals surface area contributed by atoms with E-state index in [2.05, 4.69) is 88.8 Å². The molecule has 0 spiro atoms. The predicted molar refractivity (Wildman–Crippen MR) is 118 cm³/mol. The van der Waals surface area contributed by atoms with Gasteiger partial charge in [-0.05, 0) is 36.0 Å². The molecule has 1 aromatic heterocycles. The summed E-state index contributed by atoms with van der Waals surface area (Å²) in [6.07, 6.45) is 4.65. The Balaban J connectivity index is 1.87. The summed E-state index contributed by atoms with van der Waals surface area (Å²) in [4.78, 5) is 0. The fourth-order valence-electron chi connectivity index (χ4n) is 4.60. The van der Waals surface area contributed by atoms with Gasteiger partial charge in [0.1, 0.15) is 5.54 Å². The lowest BCUT2D eigenvalue weighted by Gasteiger charge is -2.36. The van der Waals surface area contributed by atoms with Crippen molar-refractivity contribution in [3.8, 4) is 0 Å². The Labute approximate surface area is 176 Å². The first-order chi connectivity index (χ1) is 14.8. The molecule has 4 aromatic rings. The summed E-state index contributed by atoms with van der Waals surface area (Å²) in [5.41, 5.74) is 5.39. The van der Waals surface area contributed by atoms with Gasteiger partial charge >= 0.3 is 0 Å². The van der Waals surface area contributed by atoms with Crippen molar-refractivity contribution in [1.82, 2.24) is 9.78 Å². The fourth-order valence-corrected chi connectivity index (χ4v) is 4.60. The highest BCUT2D eigenvalue weighted by Crippen LogP contribution is 2.41. The first-order valence-corrected chi connectivity index (χ1v) is 10.3. The Morgan fingerprint density at radius 1 is 0.733 bits per heavy atom. The van der Waals surface area contributed by atoms with E-state index < -0.39 is 5.54 Å². The molecule has 0 unspecified atom stereocenters. The molecule has 1 N–H and O–H groups in total.